The highest BCUT2D eigenvalue weighted by atomic mass is 16.2. The van der Waals surface area contributed by atoms with Crippen molar-refractivity contribution < 1.29 is 4.79 Å². The summed E-state index contributed by atoms with van der Waals surface area (Å²) in [5, 5.41) is 10.2. The number of hydrogen-bond acceptors (Lipinski definition) is 3. The highest BCUT2D eigenvalue weighted by Crippen LogP contribution is 2.12. The van der Waals surface area contributed by atoms with Crippen LogP contribution in [0.15, 0.2) is 35.3 Å². The van der Waals surface area contributed by atoms with Crippen molar-refractivity contribution in [2.45, 2.75) is 39.7 Å². The molecule has 1 heterocycles. The first-order valence-electron chi connectivity index (χ1n) is 9.72. The van der Waals surface area contributed by atoms with Crippen LogP contribution < -0.4 is 16.0 Å². The van der Waals surface area contributed by atoms with Crippen molar-refractivity contribution in [3.05, 3.63) is 30.3 Å². The third-order valence-electron chi connectivity index (χ3n) is 4.39. The Kier molecular flexibility index (Phi) is 8.25. The molecule has 6 nitrogen and oxygen atoms in total. The van der Waals surface area contributed by atoms with Gasteiger partial charge in [-0.15, -0.1) is 0 Å². The molecule has 1 fully saturated rings. The molecule has 1 aromatic carbocycles. The van der Waals surface area contributed by atoms with Gasteiger partial charge in [0.2, 0.25) is 5.91 Å². The van der Waals surface area contributed by atoms with Gasteiger partial charge in [-0.25, -0.2) is 0 Å². The summed E-state index contributed by atoms with van der Waals surface area (Å²) in [4.78, 5) is 18.7. The van der Waals surface area contributed by atoms with Gasteiger partial charge in [0.1, 0.15) is 0 Å². The number of likely N-dealkylation sites (tertiary alicyclic amines) is 1. The second kappa shape index (κ2) is 10.7. The highest BCUT2D eigenvalue weighted by Gasteiger charge is 2.27. The Bertz CT molecular complexity index is 573. The first-order valence-corrected chi connectivity index (χ1v) is 9.72. The minimum absolute atomic E-state index is 0.0627. The maximum Gasteiger partial charge on any atom is 0.225 e. The van der Waals surface area contributed by atoms with Gasteiger partial charge in [-0.3, -0.25) is 9.79 Å². The summed E-state index contributed by atoms with van der Waals surface area (Å²) in [6, 6.07) is 10.5. The van der Waals surface area contributed by atoms with E-state index in [1.54, 1.807) is 0 Å². The molecule has 0 aromatic heterocycles. The number of carbonyl (C=O) groups is 1. The standard InChI is InChI=1S/C20H33N5O/c1-4-21-20(23-13-8-12-22-17-9-6-5-7-10-17)24-18-11-14-25(15-18)19(26)16(2)3/h5-7,9-10,16,18,22H,4,8,11-15H2,1-3H3,(H2,21,23,24). The van der Waals surface area contributed by atoms with Crippen molar-refractivity contribution in [1.29, 1.82) is 0 Å². The van der Waals surface area contributed by atoms with Crippen LogP contribution in [0.1, 0.15) is 33.6 Å². The number of guanidine groups is 1. The monoisotopic (exact) mass is 359 g/mol. The number of para-hydroxylation sites is 1. The van der Waals surface area contributed by atoms with E-state index in [9.17, 15) is 4.79 Å². The maximum atomic E-state index is 12.1. The van der Waals surface area contributed by atoms with Gasteiger partial charge < -0.3 is 20.9 Å². The lowest BCUT2D eigenvalue weighted by Crippen LogP contribution is -2.45. The van der Waals surface area contributed by atoms with Crippen LogP contribution in [0.25, 0.3) is 0 Å². The third kappa shape index (κ3) is 6.58. The summed E-state index contributed by atoms with van der Waals surface area (Å²) < 4.78 is 0. The molecule has 0 spiro atoms. The minimum Gasteiger partial charge on any atom is -0.385 e. The van der Waals surface area contributed by atoms with Gasteiger partial charge in [0.25, 0.3) is 0 Å². The van der Waals surface area contributed by atoms with Crippen molar-refractivity contribution in [1.82, 2.24) is 15.5 Å². The Morgan fingerprint density at radius 3 is 2.77 bits per heavy atom. The fourth-order valence-corrected chi connectivity index (χ4v) is 3.02. The number of hydrogen-bond donors (Lipinski definition) is 3. The quantitative estimate of drug-likeness (QED) is 0.378. The first kappa shape index (κ1) is 20.1. The second-order valence-electron chi connectivity index (χ2n) is 6.98. The zero-order valence-electron chi connectivity index (χ0n) is 16.3. The topological polar surface area (TPSA) is 68.8 Å². The van der Waals surface area contributed by atoms with Gasteiger partial charge in [0.15, 0.2) is 5.96 Å². The average Bonchev–Trinajstić information content (AvgIpc) is 3.10. The molecule has 0 bridgehead atoms. The summed E-state index contributed by atoms with van der Waals surface area (Å²) in [5.74, 6) is 1.15. The van der Waals surface area contributed by atoms with Crippen LogP contribution in [-0.2, 0) is 4.79 Å². The molecule has 3 N–H and O–H groups in total. The van der Waals surface area contributed by atoms with Gasteiger partial charge in [0.05, 0.1) is 0 Å². The van der Waals surface area contributed by atoms with Crippen molar-refractivity contribution in [3.63, 3.8) is 0 Å². The van der Waals surface area contributed by atoms with Crippen LogP contribution in [0, 0.1) is 5.92 Å². The highest BCUT2D eigenvalue weighted by molar-refractivity contribution is 5.81. The third-order valence-corrected chi connectivity index (χ3v) is 4.39. The normalized spacial score (nSPS) is 17.5. The number of benzene rings is 1. The van der Waals surface area contributed by atoms with E-state index in [0.29, 0.717) is 0 Å². The summed E-state index contributed by atoms with van der Waals surface area (Å²) in [6.45, 7) is 10.1. The van der Waals surface area contributed by atoms with Gasteiger partial charge in [-0.1, -0.05) is 32.0 Å². The fourth-order valence-electron chi connectivity index (χ4n) is 3.02. The molecule has 1 unspecified atom stereocenters. The number of aliphatic imine (C=N–C) groups is 1. The molecule has 0 radical (unpaired) electrons. The van der Waals surface area contributed by atoms with Gasteiger partial charge in [-0.2, -0.15) is 0 Å². The van der Waals surface area contributed by atoms with Gasteiger partial charge in [0, 0.05) is 50.4 Å². The number of amides is 1. The summed E-state index contributed by atoms with van der Waals surface area (Å²) in [5.41, 5.74) is 1.14. The lowest BCUT2D eigenvalue weighted by Gasteiger charge is -2.20. The lowest BCUT2D eigenvalue weighted by atomic mass is 10.2. The van der Waals surface area contributed by atoms with E-state index in [4.69, 9.17) is 0 Å². The maximum absolute atomic E-state index is 12.1. The van der Waals surface area contributed by atoms with Crippen molar-refractivity contribution in [2.75, 3.05) is 38.0 Å². The molecular formula is C20H33N5O. The Labute approximate surface area is 157 Å². The lowest BCUT2D eigenvalue weighted by molar-refractivity contribution is -0.133. The molecule has 2 rings (SSSR count). The van der Waals surface area contributed by atoms with Crippen molar-refractivity contribution in [2.24, 2.45) is 10.9 Å². The summed E-state index contributed by atoms with van der Waals surface area (Å²) in [7, 11) is 0. The average molecular weight is 360 g/mol. The van der Waals surface area contributed by atoms with E-state index >= 15 is 0 Å². The SMILES string of the molecule is CCNC(=NCCCNc1ccccc1)NC1CCN(C(=O)C(C)C)C1. The van der Waals surface area contributed by atoms with Crippen LogP contribution in [0.2, 0.25) is 0 Å². The Hall–Kier alpha value is -2.24. The zero-order chi connectivity index (χ0) is 18.8. The first-order chi connectivity index (χ1) is 12.6. The van der Waals surface area contributed by atoms with E-state index in [1.807, 2.05) is 36.9 Å². The molecule has 1 saturated heterocycles. The molecule has 0 aliphatic carbocycles. The Morgan fingerprint density at radius 2 is 2.08 bits per heavy atom. The van der Waals surface area contributed by atoms with E-state index in [1.165, 1.54) is 0 Å². The predicted octanol–water partition coefficient (Wildman–Crippen LogP) is 2.30. The molecule has 1 aliphatic rings. The number of nitrogens with one attached hydrogen (secondary N) is 3. The van der Waals surface area contributed by atoms with E-state index in [2.05, 4.69) is 40.0 Å². The van der Waals surface area contributed by atoms with Crippen LogP contribution in [0.3, 0.4) is 0 Å². The van der Waals surface area contributed by atoms with Crippen molar-refractivity contribution >= 4 is 17.6 Å². The molecule has 26 heavy (non-hydrogen) atoms. The summed E-state index contributed by atoms with van der Waals surface area (Å²) in [6.07, 6.45) is 1.94. The van der Waals surface area contributed by atoms with E-state index < -0.39 is 0 Å². The van der Waals surface area contributed by atoms with Crippen LogP contribution >= 0.6 is 0 Å². The Morgan fingerprint density at radius 1 is 1.31 bits per heavy atom. The van der Waals surface area contributed by atoms with Crippen LogP contribution in [-0.4, -0.2) is 55.5 Å². The summed E-state index contributed by atoms with van der Waals surface area (Å²) >= 11 is 0. The fraction of sp³-hybridized carbons (Fsp3) is 0.600. The van der Waals surface area contributed by atoms with Crippen LogP contribution in [0.4, 0.5) is 5.69 Å². The van der Waals surface area contributed by atoms with Gasteiger partial charge in [-0.05, 0) is 31.9 Å². The molecule has 144 valence electrons. The minimum atomic E-state index is 0.0627. The van der Waals surface area contributed by atoms with E-state index in [0.717, 1.165) is 57.2 Å². The molecular weight excluding hydrogens is 326 g/mol. The number of carbonyl (C=O) groups excluding carboxylic acids is 1. The second-order valence-corrected chi connectivity index (χ2v) is 6.98. The number of anilines is 1. The van der Waals surface area contributed by atoms with Crippen LogP contribution in [0.5, 0.6) is 0 Å². The molecule has 1 aliphatic heterocycles. The molecule has 0 saturated carbocycles. The molecule has 1 aromatic rings. The largest absolute Gasteiger partial charge is 0.385 e. The molecule has 1 amide bonds. The molecule has 1 atom stereocenters. The smallest absolute Gasteiger partial charge is 0.225 e. The Balaban J connectivity index is 1.73. The van der Waals surface area contributed by atoms with Gasteiger partial charge >= 0.3 is 0 Å². The van der Waals surface area contributed by atoms with E-state index in [-0.39, 0.29) is 17.9 Å². The number of rotatable bonds is 8. The van der Waals surface area contributed by atoms with Crippen molar-refractivity contribution in [3.8, 4) is 0 Å². The zero-order valence-corrected chi connectivity index (χ0v) is 16.3. The number of nitrogens with zero attached hydrogens (tertiary/aromatic N) is 2. The molecule has 6 heteroatoms. The predicted molar refractivity (Wildman–Crippen MR) is 108 cm³/mol.